The second-order valence-corrected chi connectivity index (χ2v) is 6.71. The normalized spacial score (nSPS) is 10.7. The molecule has 0 spiro atoms. The Labute approximate surface area is 142 Å². The van der Waals surface area contributed by atoms with Crippen LogP contribution in [0.1, 0.15) is 22.5 Å². The molecule has 0 aliphatic rings. The van der Waals surface area contributed by atoms with E-state index in [1.807, 2.05) is 30.3 Å². The maximum absolute atomic E-state index is 12.0. The number of benzene rings is 1. The van der Waals surface area contributed by atoms with Crippen molar-refractivity contribution < 1.29 is 9.59 Å². The van der Waals surface area contributed by atoms with Gasteiger partial charge in [0.05, 0.1) is 26.6 Å². The number of rotatable bonds is 5. The number of carbonyl (C=O) groups is 2. The summed E-state index contributed by atoms with van der Waals surface area (Å²) in [5.74, 6) is -0.285. The Kier molecular flexibility index (Phi) is 4.69. The Morgan fingerprint density at radius 2 is 1.96 bits per heavy atom. The van der Waals surface area contributed by atoms with Gasteiger partial charge in [-0.1, -0.05) is 29.8 Å². The maximum atomic E-state index is 12.0. The van der Waals surface area contributed by atoms with E-state index in [0.717, 1.165) is 10.9 Å². The molecular formula is C17H13ClN2O2S. The van der Waals surface area contributed by atoms with E-state index in [1.54, 1.807) is 18.3 Å². The number of carbonyl (C=O) groups excluding carboxylic acids is 2. The number of aromatic nitrogens is 1. The predicted molar refractivity (Wildman–Crippen MR) is 93.3 cm³/mol. The van der Waals surface area contributed by atoms with Gasteiger partial charge in [-0.2, -0.15) is 0 Å². The highest BCUT2D eigenvalue weighted by atomic mass is 35.5. The van der Waals surface area contributed by atoms with Gasteiger partial charge in [0.15, 0.2) is 5.78 Å². The zero-order valence-corrected chi connectivity index (χ0v) is 13.7. The van der Waals surface area contributed by atoms with Crippen LogP contribution in [-0.4, -0.2) is 16.7 Å². The molecule has 0 saturated heterocycles. The first-order chi connectivity index (χ1) is 11.1. The summed E-state index contributed by atoms with van der Waals surface area (Å²) in [6, 6.07) is 12.9. The summed E-state index contributed by atoms with van der Waals surface area (Å²) >= 11 is 7.03. The number of nitrogens with one attached hydrogen (secondary N) is 1. The highest BCUT2D eigenvalue weighted by Crippen LogP contribution is 2.23. The first-order valence-corrected chi connectivity index (χ1v) is 8.24. The number of nitrogens with zero attached hydrogens (tertiary/aromatic N) is 1. The van der Waals surface area contributed by atoms with Gasteiger partial charge in [-0.25, -0.2) is 0 Å². The van der Waals surface area contributed by atoms with E-state index in [2.05, 4.69) is 10.3 Å². The van der Waals surface area contributed by atoms with Crippen molar-refractivity contribution in [3.63, 3.8) is 0 Å². The highest BCUT2D eigenvalue weighted by molar-refractivity contribution is 7.18. The molecule has 1 aromatic carbocycles. The average molecular weight is 345 g/mol. The average Bonchev–Trinajstić information content (AvgIpc) is 2.99. The quantitative estimate of drug-likeness (QED) is 0.691. The van der Waals surface area contributed by atoms with Crippen LogP contribution in [0.3, 0.4) is 0 Å². The zero-order valence-electron chi connectivity index (χ0n) is 12.1. The summed E-state index contributed by atoms with van der Waals surface area (Å²) in [5, 5.41) is 3.72. The molecule has 6 heteroatoms. The van der Waals surface area contributed by atoms with Gasteiger partial charge < -0.3 is 5.32 Å². The van der Waals surface area contributed by atoms with E-state index >= 15 is 0 Å². The van der Waals surface area contributed by atoms with Crippen LogP contribution >= 0.6 is 22.9 Å². The van der Waals surface area contributed by atoms with Crippen LogP contribution < -0.4 is 5.32 Å². The molecular weight excluding hydrogens is 332 g/mol. The Bertz CT molecular complexity index is 876. The summed E-state index contributed by atoms with van der Waals surface area (Å²) in [4.78, 5) is 28.8. The van der Waals surface area contributed by atoms with Gasteiger partial charge in [0.2, 0.25) is 5.91 Å². The Morgan fingerprint density at radius 3 is 2.74 bits per heavy atom. The monoisotopic (exact) mass is 344 g/mol. The van der Waals surface area contributed by atoms with Crippen molar-refractivity contribution in [2.75, 3.05) is 5.32 Å². The van der Waals surface area contributed by atoms with Crippen molar-refractivity contribution in [2.24, 2.45) is 0 Å². The number of para-hydroxylation sites is 1. The number of fused-ring (bicyclic) bond motifs is 1. The van der Waals surface area contributed by atoms with Crippen molar-refractivity contribution in [3.8, 4) is 0 Å². The van der Waals surface area contributed by atoms with E-state index < -0.39 is 0 Å². The Balaban J connectivity index is 1.59. The number of hydrogen-bond donors (Lipinski definition) is 1. The van der Waals surface area contributed by atoms with E-state index in [0.29, 0.717) is 14.9 Å². The van der Waals surface area contributed by atoms with E-state index in [1.165, 1.54) is 11.3 Å². The number of hydrogen-bond acceptors (Lipinski definition) is 4. The second-order valence-electron chi connectivity index (χ2n) is 4.99. The molecule has 0 aliphatic heterocycles. The van der Waals surface area contributed by atoms with Crippen LogP contribution in [0.25, 0.3) is 10.9 Å². The van der Waals surface area contributed by atoms with Gasteiger partial charge in [-0.15, -0.1) is 11.3 Å². The zero-order chi connectivity index (χ0) is 16.2. The number of ketones is 1. The standard InChI is InChI=1S/C17H13ClN2O2S/c18-16-7-6-15(23-16)14(21)5-8-17(22)20-12-9-11-3-1-2-4-13(11)19-10-12/h1-4,6-7,9-10H,5,8H2,(H,20,22). The molecule has 2 heterocycles. The molecule has 0 bridgehead atoms. The third-order valence-corrected chi connectivity index (χ3v) is 4.57. The van der Waals surface area contributed by atoms with Crippen molar-refractivity contribution in [1.82, 2.24) is 4.98 Å². The van der Waals surface area contributed by atoms with E-state index in [4.69, 9.17) is 11.6 Å². The summed E-state index contributed by atoms with van der Waals surface area (Å²) in [5.41, 5.74) is 1.50. The lowest BCUT2D eigenvalue weighted by atomic mass is 10.2. The molecule has 23 heavy (non-hydrogen) atoms. The minimum absolute atomic E-state index is 0.0753. The SMILES string of the molecule is O=C(CCC(=O)c1ccc(Cl)s1)Nc1cnc2ccccc2c1. The molecule has 0 unspecified atom stereocenters. The summed E-state index contributed by atoms with van der Waals surface area (Å²) in [6.07, 6.45) is 1.89. The molecule has 4 nitrogen and oxygen atoms in total. The lowest BCUT2D eigenvalue weighted by molar-refractivity contribution is -0.116. The molecule has 0 aliphatic carbocycles. The summed E-state index contributed by atoms with van der Waals surface area (Å²) < 4.78 is 0.569. The van der Waals surface area contributed by atoms with Crippen LogP contribution in [0.15, 0.2) is 48.7 Å². The number of pyridine rings is 1. The molecule has 0 saturated carbocycles. The largest absolute Gasteiger partial charge is 0.325 e. The van der Waals surface area contributed by atoms with Gasteiger partial charge in [0, 0.05) is 18.2 Å². The van der Waals surface area contributed by atoms with Crippen LogP contribution in [-0.2, 0) is 4.79 Å². The molecule has 3 aromatic rings. The van der Waals surface area contributed by atoms with Crippen molar-refractivity contribution in [3.05, 3.63) is 57.9 Å². The number of thiophene rings is 1. The molecule has 1 N–H and O–H groups in total. The molecule has 1 amide bonds. The first-order valence-electron chi connectivity index (χ1n) is 7.05. The first kappa shape index (κ1) is 15.6. The van der Waals surface area contributed by atoms with Gasteiger partial charge in [-0.05, 0) is 24.3 Å². The third-order valence-electron chi connectivity index (χ3n) is 3.30. The Morgan fingerprint density at radius 1 is 1.13 bits per heavy atom. The number of amides is 1. The second kappa shape index (κ2) is 6.89. The van der Waals surface area contributed by atoms with E-state index in [9.17, 15) is 9.59 Å². The number of anilines is 1. The van der Waals surface area contributed by atoms with E-state index in [-0.39, 0.29) is 24.5 Å². The molecule has 0 radical (unpaired) electrons. The summed E-state index contributed by atoms with van der Waals surface area (Å²) in [7, 11) is 0. The smallest absolute Gasteiger partial charge is 0.224 e. The minimum Gasteiger partial charge on any atom is -0.325 e. The fraction of sp³-hybridized carbons (Fsp3) is 0.118. The maximum Gasteiger partial charge on any atom is 0.224 e. The van der Waals surface area contributed by atoms with Crippen LogP contribution in [0, 0.1) is 0 Å². The van der Waals surface area contributed by atoms with Gasteiger partial charge >= 0.3 is 0 Å². The minimum atomic E-state index is -0.210. The lowest BCUT2D eigenvalue weighted by Crippen LogP contribution is -2.13. The highest BCUT2D eigenvalue weighted by Gasteiger charge is 2.12. The predicted octanol–water partition coefficient (Wildman–Crippen LogP) is 4.55. The van der Waals surface area contributed by atoms with Crippen LogP contribution in [0.4, 0.5) is 5.69 Å². The van der Waals surface area contributed by atoms with Crippen molar-refractivity contribution in [2.45, 2.75) is 12.8 Å². The van der Waals surface area contributed by atoms with Crippen LogP contribution in [0.5, 0.6) is 0 Å². The molecule has 116 valence electrons. The summed E-state index contributed by atoms with van der Waals surface area (Å²) in [6.45, 7) is 0. The van der Waals surface area contributed by atoms with Gasteiger partial charge in [-0.3, -0.25) is 14.6 Å². The molecule has 3 rings (SSSR count). The van der Waals surface area contributed by atoms with Crippen molar-refractivity contribution in [1.29, 1.82) is 0 Å². The third kappa shape index (κ3) is 3.94. The Hall–Kier alpha value is -2.24. The molecule has 0 atom stereocenters. The molecule has 2 aromatic heterocycles. The number of Topliss-reactive ketones (excluding diaryl/α,β-unsaturated/α-hetero) is 1. The van der Waals surface area contributed by atoms with Gasteiger partial charge in [0.25, 0.3) is 0 Å². The molecule has 0 fully saturated rings. The fourth-order valence-electron chi connectivity index (χ4n) is 2.18. The topological polar surface area (TPSA) is 59.1 Å². The van der Waals surface area contributed by atoms with Crippen LogP contribution in [0.2, 0.25) is 4.34 Å². The number of halogens is 1. The van der Waals surface area contributed by atoms with Gasteiger partial charge in [0.1, 0.15) is 0 Å². The fourth-order valence-corrected chi connectivity index (χ4v) is 3.19. The van der Waals surface area contributed by atoms with Crippen molar-refractivity contribution >= 4 is 51.2 Å². The lowest BCUT2D eigenvalue weighted by Gasteiger charge is -2.05.